The fraction of sp³-hybridized carbons (Fsp3) is 1.00. The summed E-state index contributed by atoms with van der Waals surface area (Å²) in [6.45, 7) is 1.80. The number of alkyl halides is 1. The smallest absolute Gasteiger partial charge is 0.147 e. The number of hydrogen-bond donors (Lipinski definition) is 0. The van der Waals surface area contributed by atoms with Crippen LogP contribution in [0.2, 0.25) is 6.55 Å². The minimum Gasteiger partial charge on any atom is -0.147 e. The van der Waals surface area contributed by atoms with Crippen molar-refractivity contribution in [3.63, 3.8) is 0 Å². The normalized spacial score (nSPS) is 7.71. The van der Waals surface area contributed by atoms with Crippen molar-refractivity contribution in [1.82, 2.24) is 0 Å². The maximum Gasteiger partial charge on any atom is 0.270 e. The van der Waals surface area contributed by atoms with Gasteiger partial charge in [0.2, 0.25) is 0 Å². The van der Waals surface area contributed by atoms with Crippen molar-refractivity contribution in [1.29, 1.82) is 0 Å². The molecule has 0 aliphatic carbocycles. The van der Waals surface area contributed by atoms with Gasteiger partial charge >= 0.3 is 0 Å². The number of halogens is 3. The van der Waals surface area contributed by atoms with Crippen LogP contribution in [0.4, 0.5) is 0 Å². The van der Waals surface area contributed by atoms with Gasteiger partial charge in [-0.15, -0.1) is 33.8 Å². The van der Waals surface area contributed by atoms with Crippen LogP contribution in [-0.2, 0) is 0 Å². The summed E-state index contributed by atoms with van der Waals surface area (Å²) in [4.78, 5) is 0. The molecule has 4 radical (unpaired) electrons. The average Bonchev–Trinajstić information content (AvgIpc) is 1.33. The topological polar surface area (TPSA) is 0 Å². The Bertz CT molecular complexity index is 22.1. The Morgan fingerprint density at radius 2 is 1.57 bits per heavy atom. The Hall–Kier alpha value is 1.30. The third-order valence-corrected chi connectivity index (χ3v) is 0. The summed E-state index contributed by atoms with van der Waals surface area (Å²) in [5.41, 5.74) is 0.528. The van der Waals surface area contributed by atoms with Crippen molar-refractivity contribution >= 4 is 51.4 Å². The lowest BCUT2D eigenvalue weighted by atomic mass is 11.9. The van der Waals surface area contributed by atoms with Crippen LogP contribution in [0.5, 0.6) is 0 Å². The van der Waals surface area contributed by atoms with Crippen LogP contribution in [0.1, 0.15) is 0 Å². The van der Waals surface area contributed by atoms with Crippen molar-refractivity contribution in [2.24, 2.45) is 0 Å². The Morgan fingerprint density at radius 3 is 1.57 bits per heavy atom. The first-order chi connectivity index (χ1) is 3.15. The standard InChI is InChI=1S/CH3Cl2Si.CH2ClSi/c1-4(2)3;2-1-3/h1H3;1H2. The van der Waals surface area contributed by atoms with Crippen LogP contribution in [0.15, 0.2) is 0 Å². The Morgan fingerprint density at radius 1 is 1.57 bits per heavy atom. The van der Waals surface area contributed by atoms with E-state index in [2.05, 4.69) is 10.2 Å². The van der Waals surface area contributed by atoms with Gasteiger partial charge in [-0.05, 0) is 6.55 Å². The second-order valence-electron chi connectivity index (χ2n) is 0.583. The molecule has 0 atom stereocenters. The maximum atomic E-state index is 5.14. The first-order valence-corrected chi connectivity index (χ1v) is 6.76. The molecule has 0 saturated heterocycles. The zero-order valence-corrected chi connectivity index (χ0v) is 8.11. The fourth-order valence-corrected chi connectivity index (χ4v) is 0. The molecule has 0 aliphatic heterocycles. The van der Waals surface area contributed by atoms with E-state index in [0.29, 0.717) is 5.50 Å². The first kappa shape index (κ1) is 11.1. The molecule has 0 saturated carbocycles. The van der Waals surface area contributed by atoms with Gasteiger partial charge in [0.25, 0.3) is 7.42 Å². The molecule has 0 rings (SSSR count). The number of rotatable bonds is 0. The fourth-order valence-electron chi connectivity index (χ4n) is 0. The maximum absolute atomic E-state index is 5.14. The summed E-state index contributed by atoms with van der Waals surface area (Å²) in [6, 6.07) is 0. The van der Waals surface area contributed by atoms with Gasteiger partial charge in [-0.25, -0.2) is 0 Å². The van der Waals surface area contributed by atoms with Crippen LogP contribution in [0.3, 0.4) is 0 Å². The highest BCUT2D eigenvalue weighted by atomic mass is 35.7. The molecular weight excluding hydrogens is 187 g/mol. The van der Waals surface area contributed by atoms with E-state index in [1.165, 1.54) is 0 Å². The summed E-state index contributed by atoms with van der Waals surface area (Å²) < 4.78 is 0. The molecule has 0 aromatic rings. The quantitative estimate of drug-likeness (QED) is 0.312. The molecule has 0 unspecified atom stereocenters. The summed E-state index contributed by atoms with van der Waals surface area (Å²) in [5, 5.41) is 0. The SMILES string of the molecule is C[Si](Cl)Cl.[Si]CCl. The lowest BCUT2D eigenvalue weighted by molar-refractivity contribution is 2.20. The summed E-state index contributed by atoms with van der Waals surface area (Å²) in [6.07, 6.45) is 0. The minimum atomic E-state index is -0.935. The third kappa shape index (κ3) is 121. The monoisotopic (exact) mass is 190 g/mol. The van der Waals surface area contributed by atoms with Gasteiger partial charge in [0.15, 0.2) is 0 Å². The van der Waals surface area contributed by atoms with E-state index in [1.807, 2.05) is 0 Å². The van der Waals surface area contributed by atoms with Gasteiger partial charge in [-0.1, -0.05) is 0 Å². The highest BCUT2D eigenvalue weighted by Gasteiger charge is 1.82. The van der Waals surface area contributed by atoms with Gasteiger partial charge in [0.05, 0.1) is 0 Å². The number of hydrogen-bond acceptors (Lipinski definition) is 0. The van der Waals surface area contributed by atoms with Crippen LogP contribution in [-0.4, -0.2) is 23.2 Å². The van der Waals surface area contributed by atoms with Crippen LogP contribution < -0.4 is 0 Å². The Labute approximate surface area is 63.6 Å². The molecule has 0 aromatic heterocycles. The Kier molecular flexibility index (Phi) is 16.4. The van der Waals surface area contributed by atoms with E-state index in [-0.39, 0.29) is 0 Å². The lowest BCUT2D eigenvalue weighted by Crippen LogP contribution is -1.72. The van der Waals surface area contributed by atoms with Crippen molar-refractivity contribution in [3.8, 4) is 0 Å². The lowest BCUT2D eigenvalue weighted by Gasteiger charge is -1.66. The average molecular weight is 192 g/mol. The summed E-state index contributed by atoms with van der Waals surface area (Å²) >= 11 is 15.2. The van der Waals surface area contributed by atoms with Crippen molar-refractivity contribution in [3.05, 3.63) is 0 Å². The highest BCUT2D eigenvalue weighted by molar-refractivity contribution is 7.33. The van der Waals surface area contributed by atoms with Gasteiger partial charge in [-0.3, -0.25) is 0 Å². The zero-order valence-electron chi connectivity index (χ0n) is 3.84. The molecule has 5 heteroatoms. The zero-order chi connectivity index (χ0) is 6.28. The molecule has 7 heavy (non-hydrogen) atoms. The molecule has 0 heterocycles. The van der Waals surface area contributed by atoms with Gasteiger partial charge in [0, 0.05) is 15.7 Å². The Balaban J connectivity index is 0. The molecular formula is C2H5Cl3Si2. The van der Waals surface area contributed by atoms with E-state index in [1.54, 1.807) is 6.55 Å². The molecule has 0 bridgehead atoms. The molecule has 0 amide bonds. The molecule has 0 aliphatic rings. The van der Waals surface area contributed by atoms with Gasteiger partial charge in [-0.2, -0.15) is 0 Å². The van der Waals surface area contributed by atoms with Gasteiger partial charge < -0.3 is 0 Å². The largest absolute Gasteiger partial charge is 0.270 e. The van der Waals surface area contributed by atoms with Gasteiger partial charge in [0.1, 0.15) is 0 Å². The van der Waals surface area contributed by atoms with E-state index < -0.39 is 7.42 Å². The summed E-state index contributed by atoms with van der Waals surface area (Å²) in [7, 11) is 2.01. The summed E-state index contributed by atoms with van der Waals surface area (Å²) in [5.74, 6) is 0. The van der Waals surface area contributed by atoms with Crippen molar-refractivity contribution in [2.75, 3.05) is 5.50 Å². The molecule has 0 aromatic carbocycles. The molecule has 0 fully saturated rings. The second kappa shape index (κ2) is 10.3. The predicted molar refractivity (Wildman–Crippen MR) is 39.8 cm³/mol. The van der Waals surface area contributed by atoms with E-state index in [9.17, 15) is 0 Å². The minimum absolute atomic E-state index is 0.528. The van der Waals surface area contributed by atoms with Crippen molar-refractivity contribution < 1.29 is 0 Å². The predicted octanol–water partition coefficient (Wildman–Crippen LogP) is 1.93. The highest BCUT2D eigenvalue weighted by Crippen LogP contribution is 1.89. The molecule has 0 N–H and O–H groups in total. The molecule has 42 valence electrons. The molecule has 0 spiro atoms. The van der Waals surface area contributed by atoms with E-state index in [0.717, 1.165) is 0 Å². The first-order valence-electron chi connectivity index (χ1n) is 1.50. The van der Waals surface area contributed by atoms with E-state index in [4.69, 9.17) is 33.8 Å². The van der Waals surface area contributed by atoms with Crippen LogP contribution in [0.25, 0.3) is 0 Å². The molecule has 0 nitrogen and oxygen atoms in total. The van der Waals surface area contributed by atoms with Crippen molar-refractivity contribution in [2.45, 2.75) is 6.55 Å². The third-order valence-electron chi connectivity index (χ3n) is 0. The van der Waals surface area contributed by atoms with Crippen LogP contribution >= 0.6 is 33.8 Å². The van der Waals surface area contributed by atoms with E-state index >= 15 is 0 Å². The van der Waals surface area contributed by atoms with Crippen LogP contribution in [0, 0.1) is 0 Å². The second-order valence-corrected chi connectivity index (χ2v) is 6.53.